The minimum absolute atomic E-state index is 0.350. The minimum atomic E-state index is -0.867. The molecule has 1 aromatic rings. The lowest BCUT2D eigenvalue weighted by atomic mass is 10.1. The largest absolute Gasteiger partial charge is 0.478 e. The van der Waals surface area contributed by atoms with Crippen LogP contribution in [0.15, 0.2) is 24.3 Å². The van der Waals surface area contributed by atoms with Gasteiger partial charge in [0.2, 0.25) is 0 Å². The second kappa shape index (κ2) is 5.82. The van der Waals surface area contributed by atoms with Gasteiger partial charge in [-0.1, -0.05) is 25.0 Å². The number of benzene rings is 1. The second-order valence-corrected chi connectivity index (χ2v) is 4.76. The van der Waals surface area contributed by atoms with Crippen molar-refractivity contribution in [3.63, 3.8) is 0 Å². The van der Waals surface area contributed by atoms with Gasteiger partial charge in [0.15, 0.2) is 0 Å². The van der Waals surface area contributed by atoms with E-state index in [2.05, 4.69) is 5.32 Å². The van der Waals surface area contributed by atoms with Gasteiger partial charge in [-0.25, -0.2) is 4.79 Å². The molecule has 0 saturated heterocycles. The van der Waals surface area contributed by atoms with E-state index in [4.69, 9.17) is 5.11 Å². The van der Waals surface area contributed by atoms with Crippen molar-refractivity contribution in [2.24, 2.45) is 5.92 Å². The fourth-order valence-electron chi connectivity index (χ4n) is 1.92. The first-order valence-electron chi connectivity index (χ1n) is 6.28. The van der Waals surface area contributed by atoms with Gasteiger partial charge in [-0.05, 0) is 43.0 Å². The molecule has 1 saturated carbocycles. The zero-order valence-electron chi connectivity index (χ0n) is 9.98. The van der Waals surface area contributed by atoms with Gasteiger partial charge in [0.25, 0.3) is 0 Å². The summed E-state index contributed by atoms with van der Waals surface area (Å²) >= 11 is 0. The van der Waals surface area contributed by atoms with Crippen LogP contribution in [0.2, 0.25) is 0 Å². The Morgan fingerprint density at radius 1 is 1.29 bits per heavy atom. The van der Waals surface area contributed by atoms with E-state index < -0.39 is 5.97 Å². The number of hydrogen-bond acceptors (Lipinski definition) is 2. The van der Waals surface area contributed by atoms with Crippen molar-refractivity contribution in [3.05, 3.63) is 35.4 Å². The van der Waals surface area contributed by atoms with Gasteiger partial charge >= 0.3 is 5.97 Å². The van der Waals surface area contributed by atoms with Crippen LogP contribution < -0.4 is 5.32 Å². The van der Waals surface area contributed by atoms with E-state index in [-0.39, 0.29) is 0 Å². The highest BCUT2D eigenvalue weighted by Crippen LogP contribution is 2.33. The first kappa shape index (κ1) is 12.1. The Kier molecular flexibility index (Phi) is 4.15. The molecule has 0 heterocycles. The van der Waals surface area contributed by atoms with E-state index in [9.17, 15) is 4.79 Å². The molecule has 1 aliphatic rings. The molecule has 92 valence electrons. The molecule has 0 amide bonds. The summed E-state index contributed by atoms with van der Waals surface area (Å²) in [5.41, 5.74) is 1.49. The number of carbonyl (C=O) groups is 1. The van der Waals surface area contributed by atoms with Crippen LogP contribution in [0.1, 0.15) is 41.6 Å². The van der Waals surface area contributed by atoms with Crippen molar-refractivity contribution in [1.29, 1.82) is 0 Å². The summed E-state index contributed by atoms with van der Waals surface area (Å²) in [6.07, 6.45) is 5.45. The summed E-state index contributed by atoms with van der Waals surface area (Å²) < 4.78 is 0. The predicted molar refractivity (Wildman–Crippen MR) is 67.1 cm³/mol. The normalized spacial score (nSPS) is 14.8. The van der Waals surface area contributed by atoms with Gasteiger partial charge in [-0.2, -0.15) is 0 Å². The zero-order valence-corrected chi connectivity index (χ0v) is 9.98. The lowest BCUT2D eigenvalue weighted by molar-refractivity contribution is 0.0697. The summed E-state index contributed by atoms with van der Waals surface area (Å²) in [6.45, 7) is 1.88. The third kappa shape index (κ3) is 4.19. The molecule has 1 aromatic carbocycles. The average molecular weight is 233 g/mol. The van der Waals surface area contributed by atoms with Gasteiger partial charge in [0, 0.05) is 6.54 Å². The summed E-state index contributed by atoms with van der Waals surface area (Å²) in [4.78, 5) is 10.7. The van der Waals surface area contributed by atoms with Crippen LogP contribution in [0.5, 0.6) is 0 Å². The van der Waals surface area contributed by atoms with Crippen LogP contribution in [0.25, 0.3) is 0 Å². The van der Waals surface area contributed by atoms with Crippen molar-refractivity contribution in [2.75, 3.05) is 6.54 Å². The first-order chi connectivity index (χ1) is 8.25. The fraction of sp³-hybridized carbons (Fsp3) is 0.500. The molecule has 3 nitrogen and oxygen atoms in total. The number of carboxylic acids is 1. The molecular weight excluding hydrogens is 214 g/mol. The Morgan fingerprint density at radius 3 is 2.59 bits per heavy atom. The van der Waals surface area contributed by atoms with Crippen LogP contribution in [0.4, 0.5) is 0 Å². The van der Waals surface area contributed by atoms with Gasteiger partial charge in [-0.3, -0.25) is 0 Å². The van der Waals surface area contributed by atoms with Gasteiger partial charge in [-0.15, -0.1) is 0 Å². The monoisotopic (exact) mass is 233 g/mol. The van der Waals surface area contributed by atoms with E-state index in [1.165, 1.54) is 25.7 Å². The van der Waals surface area contributed by atoms with E-state index in [0.29, 0.717) is 5.56 Å². The maximum absolute atomic E-state index is 10.7. The highest BCUT2D eigenvalue weighted by molar-refractivity contribution is 5.87. The first-order valence-corrected chi connectivity index (χ1v) is 6.28. The summed E-state index contributed by atoms with van der Waals surface area (Å²) in [5, 5.41) is 12.2. The van der Waals surface area contributed by atoms with Crippen LogP contribution in [0, 0.1) is 5.92 Å². The van der Waals surface area contributed by atoms with E-state index in [0.717, 1.165) is 24.6 Å². The second-order valence-electron chi connectivity index (χ2n) is 4.76. The Balaban J connectivity index is 1.65. The van der Waals surface area contributed by atoms with Crippen LogP contribution in [-0.2, 0) is 6.54 Å². The van der Waals surface area contributed by atoms with E-state index in [1.807, 2.05) is 12.1 Å². The number of carboxylic acid groups (broad SMARTS) is 1. The Morgan fingerprint density at radius 2 is 2.00 bits per heavy atom. The van der Waals surface area contributed by atoms with Gasteiger partial charge in [0.05, 0.1) is 5.56 Å². The Hall–Kier alpha value is -1.35. The maximum atomic E-state index is 10.7. The van der Waals surface area contributed by atoms with E-state index in [1.54, 1.807) is 12.1 Å². The molecule has 0 radical (unpaired) electrons. The predicted octanol–water partition coefficient (Wildman–Crippen LogP) is 2.66. The number of rotatable bonds is 7. The number of nitrogens with one attached hydrogen (secondary N) is 1. The van der Waals surface area contributed by atoms with Crippen LogP contribution in [-0.4, -0.2) is 17.6 Å². The highest BCUT2D eigenvalue weighted by Gasteiger charge is 2.19. The molecule has 17 heavy (non-hydrogen) atoms. The SMILES string of the molecule is O=C(O)c1ccc(CNCCCC2CC2)cc1. The molecule has 2 rings (SSSR count). The van der Waals surface area contributed by atoms with Crippen LogP contribution >= 0.6 is 0 Å². The molecule has 0 unspecified atom stereocenters. The molecule has 3 heteroatoms. The fourth-order valence-corrected chi connectivity index (χ4v) is 1.92. The quantitative estimate of drug-likeness (QED) is 0.712. The molecule has 0 aromatic heterocycles. The summed E-state index contributed by atoms with van der Waals surface area (Å²) in [5.74, 6) is 0.139. The van der Waals surface area contributed by atoms with Crippen molar-refractivity contribution in [3.8, 4) is 0 Å². The van der Waals surface area contributed by atoms with Crippen molar-refractivity contribution >= 4 is 5.97 Å². The smallest absolute Gasteiger partial charge is 0.335 e. The topological polar surface area (TPSA) is 49.3 Å². The molecule has 1 fully saturated rings. The molecule has 1 aliphatic carbocycles. The summed E-state index contributed by atoms with van der Waals surface area (Å²) in [7, 11) is 0. The standard InChI is InChI=1S/C14H19NO2/c16-14(17)13-7-5-12(6-8-13)10-15-9-1-2-11-3-4-11/h5-8,11,15H,1-4,9-10H2,(H,16,17). The van der Waals surface area contributed by atoms with Gasteiger partial charge in [0.1, 0.15) is 0 Å². The third-order valence-corrected chi connectivity index (χ3v) is 3.19. The lowest BCUT2D eigenvalue weighted by Gasteiger charge is -2.05. The van der Waals surface area contributed by atoms with Crippen molar-refractivity contribution < 1.29 is 9.90 Å². The zero-order chi connectivity index (χ0) is 12.1. The summed E-state index contributed by atoms with van der Waals surface area (Å²) in [6, 6.07) is 7.06. The number of aromatic carboxylic acids is 1. The Labute approximate surface area is 102 Å². The third-order valence-electron chi connectivity index (χ3n) is 3.19. The Bertz CT molecular complexity index is 368. The van der Waals surface area contributed by atoms with Crippen molar-refractivity contribution in [1.82, 2.24) is 5.32 Å². The maximum Gasteiger partial charge on any atom is 0.335 e. The molecule has 0 aliphatic heterocycles. The minimum Gasteiger partial charge on any atom is -0.478 e. The molecule has 0 spiro atoms. The van der Waals surface area contributed by atoms with Gasteiger partial charge < -0.3 is 10.4 Å². The van der Waals surface area contributed by atoms with Crippen molar-refractivity contribution in [2.45, 2.75) is 32.2 Å². The molecular formula is C14H19NO2. The molecule has 0 bridgehead atoms. The lowest BCUT2D eigenvalue weighted by Crippen LogP contribution is -2.14. The highest BCUT2D eigenvalue weighted by atomic mass is 16.4. The average Bonchev–Trinajstić information content (AvgIpc) is 3.13. The molecule has 0 atom stereocenters. The van der Waals surface area contributed by atoms with E-state index >= 15 is 0 Å². The van der Waals surface area contributed by atoms with Crippen LogP contribution in [0.3, 0.4) is 0 Å². The molecule has 2 N–H and O–H groups in total. The number of hydrogen-bond donors (Lipinski definition) is 2.